The zero-order chi connectivity index (χ0) is 19.9. The maximum Gasteiger partial charge on any atom is 0.269 e. The zero-order valence-corrected chi connectivity index (χ0v) is 17.0. The average molecular weight is 427 g/mol. The summed E-state index contributed by atoms with van der Waals surface area (Å²) in [5.41, 5.74) is -0.0209. The van der Waals surface area contributed by atoms with Crippen LogP contribution < -0.4 is 15.4 Å². The van der Waals surface area contributed by atoms with E-state index in [0.717, 1.165) is 32.2 Å². The molecule has 0 saturated carbocycles. The summed E-state index contributed by atoms with van der Waals surface area (Å²) in [6.07, 6.45) is 3.77. The minimum atomic E-state index is -0.482. The zero-order valence-electron chi connectivity index (χ0n) is 16.2. The smallest absolute Gasteiger partial charge is 0.269 e. The number of amides is 2. The Balaban J connectivity index is 0.00000300. The number of carbonyl (C=O) groups excluding carboxylic acids is 2. The van der Waals surface area contributed by atoms with Crippen molar-refractivity contribution in [2.24, 2.45) is 5.92 Å². The van der Waals surface area contributed by atoms with Gasteiger partial charge in [0.05, 0.1) is 11.0 Å². The van der Waals surface area contributed by atoms with Crippen molar-refractivity contribution < 1.29 is 19.2 Å². The van der Waals surface area contributed by atoms with Crippen LogP contribution in [0.5, 0.6) is 5.75 Å². The van der Waals surface area contributed by atoms with Crippen LogP contribution >= 0.6 is 12.4 Å². The molecule has 0 radical (unpaired) electrons. The van der Waals surface area contributed by atoms with E-state index in [0.29, 0.717) is 25.4 Å². The van der Waals surface area contributed by atoms with E-state index in [1.807, 2.05) is 0 Å². The fourth-order valence-corrected chi connectivity index (χ4v) is 3.64. The van der Waals surface area contributed by atoms with Gasteiger partial charge in [0.1, 0.15) is 5.75 Å². The molecule has 29 heavy (non-hydrogen) atoms. The number of likely N-dealkylation sites (tertiary alicyclic amines) is 1. The normalized spacial score (nSPS) is 21.2. The van der Waals surface area contributed by atoms with Crippen LogP contribution in [0.1, 0.15) is 25.7 Å². The number of hydrogen-bond donors (Lipinski definition) is 2. The summed E-state index contributed by atoms with van der Waals surface area (Å²) in [4.78, 5) is 36.5. The van der Waals surface area contributed by atoms with Gasteiger partial charge in [-0.25, -0.2) is 0 Å². The lowest BCUT2D eigenvalue weighted by Gasteiger charge is -2.33. The van der Waals surface area contributed by atoms with Crippen molar-refractivity contribution in [3.8, 4) is 5.75 Å². The van der Waals surface area contributed by atoms with Crippen molar-refractivity contribution in [1.29, 1.82) is 0 Å². The van der Waals surface area contributed by atoms with Gasteiger partial charge in [-0.1, -0.05) is 0 Å². The lowest BCUT2D eigenvalue weighted by molar-refractivity contribution is -0.384. The lowest BCUT2D eigenvalue weighted by atomic mass is 9.97. The van der Waals surface area contributed by atoms with Crippen molar-refractivity contribution in [2.75, 3.05) is 32.8 Å². The predicted molar refractivity (Wildman–Crippen MR) is 109 cm³/mol. The summed E-state index contributed by atoms with van der Waals surface area (Å²) in [5.74, 6) is 0.584. The number of nitro groups is 1. The molecule has 10 heteroatoms. The maximum atomic E-state index is 12.4. The van der Waals surface area contributed by atoms with Gasteiger partial charge in [-0.05, 0) is 50.3 Å². The van der Waals surface area contributed by atoms with Gasteiger partial charge in [0.15, 0.2) is 6.61 Å². The fourth-order valence-electron chi connectivity index (χ4n) is 3.64. The van der Waals surface area contributed by atoms with Crippen LogP contribution in [-0.2, 0) is 9.59 Å². The first-order valence-electron chi connectivity index (χ1n) is 9.69. The number of halogens is 1. The van der Waals surface area contributed by atoms with Gasteiger partial charge in [-0.15, -0.1) is 12.4 Å². The van der Waals surface area contributed by atoms with Crippen molar-refractivity contribution in [2.45, 2.75) is 31.7 Å². The van der Waals surface area contributed by atoms with Crippen LogP contribution in [0, 0.1) is 16.0 Å². The molecule has 0 bridgehead atoms. The lowest BCUT2D eigenvalue weighted by Crippen LogP contribution is -2.47. The molecule has 2 N–H and O–H groups in total. The van der Waals surface area contributed by atoms with E-state index in [2.05, 4.69) is 10.6 Å². The van der Waals surface area contributed by atoms with Crippen LogP contribution in [0.3, 0.4) is 0 Å². The predicted octanol–water partition coefficient (Wildman–Crippen LogP) is 1.50. The molecular formula is C19H27ClN4O5. The monoisotopic (exact) mass is 426 g/mol. The van der Waals surface area contributed by atoms with Crippen LogP contribution in [0.2, 0.25) is 0 Å². The van der Waals surface area contributed by atoms with Gasteiger partial charge in [0.2, 0.25) is 5.91 Å². The molecule has 2 aliphatic heterocycles. The summed E-state index contributed by atoms with van der Waals surface area (Å²) in [7, 11) is 0. The summed E-state index contributed by atoms with van der Waals surface area (Å²) in [6, 6.07) is 5.57. The van der Waals surface area contributed by atoms with E-state index in [9.17, 15) is 19.7 Å². The van der Waals surface area contributed by atoms with Crippen molar-refractivity contribution in [3.63, 3.8) is 0 Å². The molecule has 2 atom stereocenters. The van der Waals surface area contributed by atoms with Gasteiger partial charge in [-0.2, -0.15) is 0 Å². The molecule has 2 fully saturated rings. The molecule has 1 aromatic rings. The number of nitrogens with one attached hydrogen (secondary N) is 2. The van der Waals surface area contributed by atoms with Crippen molar-refractivity contribution >= 4 is 29.9 Å². The minimum Gasteiger partial charge on any atom is -0.484 e. The SMILES string of the molecule is Cl.O=C(NCC1CCCN(C(=O)COc2ccc([N+](=O)[O-])cc2)C1)C1CCCN1. The molecule has 0 spiro atoms. The molecule has 0 aromatic heterocycles. The highest BCUT2D eigenvalue weighted by molar-refractivity contribution is 5.85. The molecule has 1 aromatic carbocycles. The topological polar surface area (TPSA) is 114 Å². The fraction of sp³-hybridized carbons (Fsp3) is 0.579. The number of hydrogen-bond acceptors (Lipinski definition) is 6. The Bertz CT molecular complexity index is 709. The highest BCUT2D eigenvalue weighted by atomic mass is 35.5. The average Bonchev–Trinajstić information content (AvgIpc) is 3.26. The number of piperidine rings is 1. The number of carbonyl (C=O) groups is 2. The molecule has 2 unspecified atom stereocenters. The van der Waals surface area contributed by atoms with E-state index >= 15 is 0 Å². The number of benzene rings is 1. The molecule has 2 heterocycles. The molecule has 2 saturated heterocycles. The Morgan fingerprint density at radius 1 is 1.24 bits per heavy atom. The van der Waals surface area contributed by atoms with E-state index in [4.69, 9.17) is 4.74 Å². The third-order valence-electron chi connectivity index (χ3n) is 5.22. The quantitative estimate of drug-likeness (QED) is 0.504. The second-order valence-electron chi connectivity index (χ2n) is 7.28. The first-order valence-corrected chi connectivity index (χ1v) is 9.69. The number of rotatable bonds is 7. The van der Waals surface area contributed by atoms with Gasteiger partial charge < -0.3 is 20.3 Å². The summed E-state index contributed by atoms with van der Waals surface area (Å²) in [5, 5.41) is 16.8. The van der Waals surface area contributed by atoms with Crippen LogP contribution in [0.25, 0.3) is 0 Å². The van der Waals surface area contributed by atoms with Crippen LogP contribution in [0.4, 0.5) is 5.69 Å². The van der Waals surface area contributed by atoms with Crippen LogP contribution in [0.15, 0.2) is 24.3 Å². The first-order chi connectivity index (χ1) is 13.5. The van der Waals surface area contributed by atoms with Crippen LogP contribution in [-0.4, -0.2) is 60.5 Å². The molecule has 9 nitrogen and oxygen atoms in total. The molecule has 3 rings (SSSR count). The Labute approximate surface area is 175 Å². The van der Waals surface area contributed by atoms with E-state index < -0.39 is 4.92 Å². The molecular weight excluding hydrogens is 400 g/mol. The molecule has 2 aliphatic rings. The number of nitrogens with zero attached hydrogens (tertiary/aromatic N) is 2. The number of ether oxygens (including phenoxy) is 1. The van der Waals surface area contributed by atoms with Gasteiger partial charge in [0.25, 0.3) is 11.6 Å². The van der Waals surface area contributed by atoms with Gasteiger partial charge in [0, 0.05) is 31.8 Å². The molecule has 160 valence electrons. The van der Waals surface area contributed by atoms with Crippen molar-refractivity contribution in [1.82, 2.24) is 15.5 Å². The Kier molecular flexibility index (Phi) is 8.66. The second kappa shape index (κ2) is 11.0. The standard InChI is InChI=1S/C19H26N4O5.ClH/c24-18(13-28-16-7-5-15(6-8-16)23(26)27)22-10-2-3-14(12-22)11-21-19(25)17-4-1-9-20-17;/h5-8,14,17,20H,1-4,9-13H2,(H,21,25);1H. The van der Waals surface area contributed by atoms with Crippen molar-refractivity contribution in [3.05, 3.63) is 34.4 Å². The van der Waals surface area contributed by atoms with Gasteiger partial charge >= 0.3 is 0 Å². The Morgan fingerprint density at radius 3 is 2.66 bits per heavy atom. The number of non-ortho nitro benzene ring substituents is 1. The summed E-state index contributed by atoms with van der Waals surface area (Å²) >= 11 is 0. The third-order valence-corrected chi connectivity index (χ3v) is 5.22. The first kappa shape index (κ1) is 22.9. The molecule has 0 aliphatic carbocycles. The maximum absolute atomic E-state index is 12.4. The Morgan fingerprint density at radius 2 is 2.00 bits per heavy atom. The van der Waals surface area contributed by atoms with E-state index in [-0.39, 0.29) is 48.5 Å². The summed E-state index contributed by atoms with van der Waals surface area (Å²) < 4.78 is 5.46. The van der Waals surface area contributed by atoms with E-state index in [1.54, 1.807) is 4.90 Å². The summed E-state index contributed by atoms with van der Waals surface area (Å²) in [6.45, 7) is 2.63. The third kappa shape index (κ3) is 6.57. The highest BCUT2D eigenvalue weighted by Crippen LogP contribution is 2.19. The second-order valence-corrected chi connectivity index (χ2v) is 7.28. The number of nitro benzene ring substituents is 1. The minimum absolute atomic E-state index is 0. The Hall–Kier alpha value is -2.39. The van der Waals surface area contributed by atoms with E-state index in [1.165, 1.54) is 24.3 Å². The molecule has 2 amide bonds. The largest absolute Gasteiger partial charge is 0.484 e. The highest BCUT2D eigenvalue weighted by Gasteiger charge is 2.26. The van der Waals surface area contributed by atoms with Gasteiger partial charge in [-0.3, -0.25) is 19.7 Å².